The van der Waals surface area contributed by atoms with Crippen LogP contribution in [0.1, 0.15) is 41.4 Å². The Kier molecular flexibility index (Phi) is 6.91. The van der Waals surface area contributed by atoms with Gasteiger partial charge in [-0.15, -0.1) is 0 Å². The van der Waals surface area contributed by atoms with Crippen molar-refractivity contribution in [1.29, 1.82) is 0 Å². The molecule has 0 saturated carbocycles. The Hall–Kier alpha value is -3.54. The minimum atomic E-state index is -0.298. The zero-order valence-electron chi connectivity index (χ0n) is 17.6. The molecule has 1 amide bonds. The maximum atomic E-state index is 12.5. The number of nitrogens with one attached hydrogen (secondary N) is 1. The molecule has 0 atom stereocenters. The maximum absolute atomic E-state index is 12.5. The summed E-state index contributed by atoms with van der Waals surface area (Å²) in [7, 11) is 0. The first-order chi connectivity index (χ1) is 14.5. The van der Waals surface area contributed by atoms with Crippen LogP contribution in [0.25, 0.3) is 0 Å². The Balaban J connectivity index is 1.63. The predicted octanol–water partition coefficient (Wildman–Crippen LogP) is 5.50. The van der Waals surface area contributed by atoms with Gasteiger partial charge in [-0.05, 0) is 68.3 Å². The van der Waals surface area contributed by atoms with Crippen LogP contribution >= 0.6 is 0 Å². The average molecular weight is 405 g/mol. The average Bonchev–Trinajstić information content (AvgIpc) is 2.72. The summed E-state index contributed by atoms with van der Waals surface area (Å²) in [6, 6.07) is 16.4. The molecule has 0 spiro atoms. The van der Waals surface area contributed by atoms with Crippen LogP contribution in [0.3, 0.4) is 0 Å². The molecule has 0 radical (unpaired) electrons. The summed E-state index contributed by atoms with van der Waals surface area (Å²) in [4.78, 5) is 16.8. The zero-order valence-corrected chi connectivity index (χ0v) is 17.6. The molecule has 3 N–H and O–H groups in total. The smallest absolute Gasteiger partial charge is 0.259 e. The molecule has 1 heterocycles. The number of hydrogen-bond acceptors (Lipinski definition) is 5. The first kappa shape index (κ1) is 21.2. The van der Waals surface area contributed by atoms with Crippen LogP contribution in [-0.4, -0.2) is 17.5 Å². The van der Waals surface area contributed by atoms with Crippen molar-refractivity contribution in [3.63, 3.8) is 0 Å². The summed E-state index contributed by atoms with van der Waals surface area (Å²) in [5.74, 6) is 2.05. The van der Waals surface area contributed by atoms with Crippen LogP contribution in [0.4, 0.5) is 11.5 Å². The van der Waals surface area contributed by atoms with Crippen molar-refractivity contribution in [2.45, 2.75) is 33.6 Å². The Morgan fingerprint density at radius 1 is 1.03 bits per heavy atom. The zero-order chi connectivity index (χ0) is 21.5. The van der Waals surface area contributed by atoms with E-state index in [-0.39, 0.29) is 11.7 Å². The van der Waals surface area contributed by atoms with Gasteiger partial charge in [0.15, 0.2) is 0 Å². The number of ether oxygens (including phenoxy) is 2. The Morgan fingerprint density at radius 2 is 1.77 bits per heavy atom. The minimum Gasteiger partial charge on any atom is -0.493 e. The predicted molar refractivity (Wildman–Crippen MR) is 119 cm³/mol. The number of hydrogen-bond donors (Lipinski definition) is 2. The molecule has 0 aliphatic rings. The standard InChI is InChI=1S/C24H27N3O3/c1-4-5-13-29-20-7-6-8-21(15-20)30-19-11-9-18(10-12-19)27-24(28)22-14-16(2)17(3)26-23(22)25/h6-12,14-15H,4-5,13H2,1-3H3,(H2,25,26)(H,27,28). The number of nitrogens with two attached hydrogens (primary N) is 1. The molecule has 0 fully saturated rings. The number of aromatic nitrogens is 1. The normalized spacial score (nSPS) is 10.5. The number of carbonyl (C=O) groups is 1. The number of rotatable bonds is 8. The van der Waals surface area contributed by atoms with E-state index in [1.54, 1.807) is 30.3 Å². The number of unbranched alkanes of at least 4 members (excludes halogenated alkanes) is 1. The quantitative estimate of drug-likeness (QED) is 0.483. The highest BCUT2D eigenvalue weighted by Crippen LogP contribution is 2.27. The van der Waals surface area contributed by atoms with Gasteiger partial charge in [0.25, 0.3) is 5.91 Å². The highest BCUT2D eigenvalue weighted by molar-refractivity contribution is 6.07. The third kappa shape index (κ3) is 5.50. The number of carbonyl (C=O) groups excluding carboxylic acids is 1. The number of pyridine rings is 1. The van der Waals surface area contributed by atoms with Gasteiger partial charge in [0.1, 0.15) is 23.1 Å². The highest BCUT2D eigenvalue weighted by Gasteiger charge is 2.13. The maximum Gasteiger partial charge on any atom is 0.259 e. The molecular formula is C24H27N3O3. The molecular weight excluding hydrogens is 378 g/mol. The van der Waals surface area contributed by atoms with Gasteiger partial charge in [0, 0.05) is 17.4 Å². The summed E-state index contributed by atoms with van der Waals surface area (Å²) >= 11 is 0. The fourth-order valence-electron chi connectivity index (χ4n) is 2.81. The second kappa shape index (κ2) is 9.78. The van der Waals surface area contributed by atoms with Crippen molar-refractivity contribution in [2.75, 3.05) is 17.7 Å². The lowest BCUT2D eigenvalue weighted by molar-refractivity contribution is 0.102. The fraction of sp³-hybridized carbons (Fsp3) is 0.250. The SMILES string of the molecule is CCCCOc1cccc(Oc2ccc(NC(=O)c3cc(C)c(C)nc3N)cc2)c1. The molecule has 0 saturated heterocycles. The number of amides is 1. The molecule has 3 aromatic rings. The van der Waals surface area contributed by atoms with E-state index in [9.17, 15) is 4.79 Å². The van der Waals surface area contributed by atoms with E-state index in [1.165, 1.54) is 0 Å². The molecule has 0 bridgehead atoms. The van der Waals surface area contributed by atoms with Crippen LogP contribution < -0.4 is 20.5 Å². The van der Waals surface area contributed by atoms with Crippen molar-refractivity contribution in [3.8, 4) is 17.2 Å². The highest BCUT2D eigenvalue weighted by atomic mass is 16.5. The summed E-state index contributed by atoms with van der Waals surface area (Å²) in [5, 5.41) is 2.84. The summed E-state index contributed by atoms with van der Waals surface area (Å²) in [6.07, 6.45) is 2.10. The van der Waals surface area contributed by atoms with Gasteiger partial charge < -0.3 is 20.5 Å². The first-order valence-corrected chi connectivity index (χ1v) is 10.0. The van der Waals surface area contributed by atoms with Gasteiger partial charge >= 0.3 is 0 Å². The number of anilines is 2. The van der Waals surface area contributed by atoms with Gasteiger partial charge in [-0.3, -0.25) is 4.79 Å². The number of aryl methyl sites for hydroxylation is 2. The van der Waals surface area contributed by atoms with Crippen molar-refractivity contribution in [1.82, 2.24) is 4.98 Å². The van der Waals surface area contributed by atoms with E-state index in [4.69, 9.17) is 15.2 Å². The summed E-state index contributed by atoms with van der Waals surface area (Å²) in [5.41, 5.74) is 8.63. The number of nitrogen functional groups attached to an aromatic ring is 1. The van der Waals surface area contributed by atoms with Crippen molar-refractivity contribution in [2.24, 2.45) is 0 Å². The van der Waals surface area contributed by atoms with E-state index < -0.39 is 0 Å². The van der Waals surface area contributed by atoms with Gasteiger partial charge in [-0.25, -0.2) is 4.98 Å². The lowest BCUT2D eigenvalue weighted by Crippen LogP contribution is -2.15. The Labute approximate surface area is 177 Å². The third-order valence-corrected chi connectivity index (χ3v) is 4.66. The van der Waals surface area contributed by atoms with Gasteiger partial charge in [0.05, 0.1) is 12.2 Å². The first-order valence-electron chi connectivity index (χ1n) is 10.0. The monoisotopic (exact) mass is 405 g/mol. The molecule has 1 aromatic heterocycles. The Bertz CT molecular complexity index is 1020. The van der Waals surface area contributed by atoms with Crippen molar-refractivity contribution >= 4 is 17.4 Å². The summed E-state index contributed by atoms with van der Waals surface area (Å²) in [6.45, 7) is 6.57. The van der Waals surface area contributed by atoms with Crippen LogP contribution in [0.2, 0.25) is 0 Å². The molecule has 30 heavy (non-hydrogen) atoms. The summed E-state index contributed by atoms with van der Waals surface area (Å²) < 4.78 is 11.6. The topological polar surface area (TPSA) is 86.5 Å². The molecule has 2 aromatic carbocycles. The van der Waals surface area contributed by atoms with Crippen LogP contribution in [-0.2, 0) is 0 Å². The van der Waals surface area contributed by atoms with Gasteiger partial charge in [0.2, 0.25) is 0 Å². The van der Waals surface area contributed by atoms with Gasteiger partial charge in [-0.2, -0.15) is 0 Å². The molecule has 6 heteroatoms. The molecule has 0 aliphatic carbocycles. The molecule has 6 nitrogen and oxygen atoms in total. The van der Waals surface area contributed by atoms with Crippen molar-refractivity contribution in [3.05, 3.63) is 71.4 Å². The second-order valence-corrected chi connectivity index (χ2v) is 7.08. The van der Waals surface area contributed by atoms with Crippen molar-refractivity contribution < 1.29 is 14.3 Å². The lowest BCUT2D eigenvalue weighted by atomic mass is 10.1. The number of nitrogens with zero attached hydrogens (tertiary/aromatic N) is 1. The molecule has 156 valence electrons. The van der Waals surface area contributed by atoms with E-state index >= 15 is 0 Å². The lowest BCUT2D eigenvalue weighted by Gasteiger charge is -2.11. The number of benzene rings is 2. The molecule has 3 rings (SSSR count). The third-order valence-electron chi connectivity index (χ3n) is 4.66. The van der Waals surface area contributed by atoms with E-state index in [0.29, 0.717) is 29.4 Å². The van der Waals surface area contributed by atoms with Crippen LogP contribution in [0.15, 0.2) is 54.6 Å². The minimum absolute atomic E-state index is 0.219. The fourth-order valence-corrected chi connectivity index (χ4v) is 2.81. The molecule has 0 unspecified atom stereocenters. The van der Waals surface area contributed by atoms with Gasteiger partial charge in [-0.1, -0.05) is 19.4 Å². The van der Waals surface area contributed by atoms with E-state index in [2.05, 4.69) is 17.2 Å². The van der Waals surface area contributed by atoms with E-state index in [1.807, 2.05) is 38.1 Å². The van der Waals surface area contributed by atoms with Crippen LogP contribution in [0, 0.1) is 13.8 Å². The molecule has 0 aliphatic heterocycles. The van der Waals surface area contributed by atoms with Crippen LogP contribution in [0.5, 0.6) is 17.2 Å². The largest absolute Gasteiger partial charge is 0.493 e. The Morgan fingerprint density at radius 3 is 2.50 bits per heavy atom. The second-order valence-electron chi connectivity index (χ2n) is 7.08. The van der Waals surface area contributed by atoms with E-state index in [0.717, 1.165) is 29.8 Å².